The molecule has 1 aliphatic carbocycles. The summed E-state index contributed by atoms with van der Waals surface area (Å²) in [6.07, 6.45) is 8.89. The summed E-state index contributed by atoms with van der Waals surface area (Å²) in [6, 6.07) is 0. The van der Waals surface area contributed by atoms with Crippen LogP contribution in [0.5, 0.6) is 0 Å². The highest BCUT2D eigenvalue weighted by molar-refractivity contribution is 5.76. The molecule has 4 heteroatoms. The van der Waals surface area contributed by atoms with Gasteiger partial charge in [0.2, 0.25) is 5.91 Å². The quantitative estimate of drug-likeness (QED) is 0.770. The van der Waals surface area contributed by atoms with Crippen molar-refractivity contribution in [1.29, 1.82) is 0 Å². The number of carbonyl (C=O) groups is 1. The molecule has 2 saturated heterocycles. The Morgan fingerprint density at radius 3 is 2.32 bits per heavy atom. The van der Waals surface area contributed by atoms with Crippen LogP contribution >= 0.6 is 0 Å². The molecule has 2 heterocycles. The second-order valence-electron chi connectivity index (χ2n) is 6.20. The summed E-state index contributed by atoms with van der Waals surface area (Å²) in [6.45, 7) is 3.00. The van der Waals surface area contributed by atoms with Crippen molar-refractivity contribution in [3.8, 4) is 0 Å². The molecule has 1 amide bonds. The molecule has 4 nitrogen and oxygen atoms in total. The van der Waals surface area contributed by atoms with Crippen LogP contribution in [-0.4, -0.2) is 42.9 Å². The summed E-state index contributed by atoms with van der Waals surface area (Å²) in [5.41, 5.74) is 0. The number of carbonyl (C=O) groups excluding carboxylic acids is 1. The largest absolute Gasteiger partial charge is 0.347 e. The Morgan fingerprint density at radius 2 is 1.68 bits per heavy atom. The third kappa shape index (κ3) is 3.11. The SMILES string of the molecule is O=C(CC1CCCCC1)N1CCC2(CC1)OCCO2. The van der Waals surface area contributed by atoms with Gasteiger partial charge in [0.05, 0.1) is 13.2 Å². The van der Waals surface area contributed by atoms with Crippen molar-refractivity contribution in [3.63, 3.8) is 0 Å². The Labute approximate surface area is 115 Å². The molecule has 1 saturated carbocycles. The topological polar surface area (TPSA) is 38.8 Å². The molecule has 2 aliphatic heterocycles. The van der Waals surface area contributed by atoms with E-state index in [9.17, 15) is 4.79 Å². The van der Waals surface area contributed by atoms with Crippen molar-refractivity contribution >= 4 is 5.91 Å². The lowest BCUT2D eigenvalue weighted by atomic mass is 9.86. The minimum absolute atomic E-state index is 0.347. The van der Waals surface area contributed by atoms with Crippen LogP contribution in [0.15, 0.2) is 0 Å². The Kier molecular flexibility index (Phi) is 4.08. The number of hydrogen-bond donors (Lipinski definition) is 0. The van der Waals surface area contributed by atoms with Gasteiger partial charge < -0.3 is 14.4 Å². The summed E-state index contributed by atoms with van der Waals surface area (Å²) in [4.78, 5) is 14.3. The summed E-state index contributed by atoms with van der Waals surface area (Å²) < 4.78 is 11.4. The summed E-state index contributed by atoms with van der Waals surface area (Å²) >= 11 is 0. The molecule has 3 rings (SSSR count). The van der Waals surface area contributed by atoms with Gasteiger partial charge >= 0.3 is 0 Å². The van der Waals surface area contributed by atoms with Crippen LogP contribution in [0.1, 0.15) is 51.4 Å². The predicted octanol–water partition coefficient (Wildman–Crippen LogP) is 2.32. The summed E-state index contributed by atoms with van der Waals surface area (Å²) in [5, 5.41) is 0. The number of hydrogen-bond acceptors (Lipinski definition) is 3. The minimum atomic E-state index is -0.360. The number of rotatable bonds is 2. The first kappa shape index (κ1) is 13.4. The Balaban J connectivity index is 1.46. The standard InChI is InChI=1S/C15H25NO3/c17-14(12-13-4-2-1-3-5-13)16-8-6-15(7-9-16)18-10-11-19-15/h13H,1-12H2. The number of piperidine rings is 1. The second-order valence-corrected chi connectivity index (χ2v) is 6.20. The van der Waals surface area contributed by atoms with Gasteiger partial charge in [-0.1, -0.05) is 19.3 Å². The van der Waals surface area contributed by atoms with Crippen molar-refractivity contribution in [2.45, 2.75) is 57.2 Å². The molecule has 0 bridgehead atoms. The Bertz CT molecular complexity index is 309. The zero-order chi connectivity index (χ0) is 13.1. The zero-order valence-electron chi connectivity index (χ0n) is 11.7. The van der Waals surface area contributed by atoms with E-state index in [4.69, 9.17) is 9.47 Å². The van der Waals surface area contributed by atoms with Crippen LogP contribution in [0.25, 0.3) is 0 Å². The van der Waals surface area contributed by atoms with Crippen LogP contribution in [-0.2, 0) is 14.3 Å². The van der Waals surface area contributed by atoms with Gasteiger partial charge in [-0.05, 0) is 18.8 Å². The van der Waals surface area contributed by atoms with Crippen molar-refractivity contribution < 1.29 is 14.3 Å². The van der Waals surface area contributed by atoms with E-state index in [-0.39, 0.29) is 5.79 Å². The third-order valence-corrected chi connectivity index (χ3v) is 4.88. The highest BCUT2D eigenvalue weighted by Crippen LogP contribution is 2.32. The monoisotopic (exact) mass is 267 g/mol. The lowest BCUT2D eigenvalue weighted by molar-refractivity contribution is -0.187. The Hall–Kier alpha value is -0.610. The highest BCUT2D eigenvalue weighted by atomic mass is 16.7. The normalized spacial score (nSPS) is 27.9. The van der Waals surface area contributed by atoms with Gasteiger partial charge in [0.1, 0.15) is 0 Å². The zero-order valence-corrected chi connectivity index (χ0v) is 11.7. The lowest BCUT2D eigenvalue weighted by Gasteiger charge is -2.38. The van der Waals surface area contributed by atoms with Gasteiger partial charge in [-0.2, -0.15) is 0 Å². The highest BCUT2D eigenvalue weighted by Gasteiger charge is 2.40. The van der Waals surface area contributed by atoms with Gasteiger partial charge in [-0.25, -0.2) is 0 Å². The molecule has 0 radical (unpaired) electrons. The maximum atomic E-state index is 12.3. The van der Waals surface area contributed by atoms with Gasteiger partial charge in [0, 0.05) is 32.4 Å². The summed E-state index contributed by atoms with van der Waals surface area (Å²) in [5.74, 6) is 0.623. The average molecular weight is 267 g/mol. The van der Waals surface area contributed by atoms with Gasteiger partial charge in [-0.15, -0.1) is 0 Å². The molecular formula is C15H25NO3. The molecule has 0 aromatic carbocycles. The number of ether oxygens (including phenoxy) is 2. The Morgan fingerprint density at radius 1 is 1.05 bits per heavy atom. The minimum Gasteiger partial charge on any atom is -0.347 e. The molecule has 1 spiro atoms. The van der Waals surface area contributed by atoms with Gasteiger partial charge in [0.15, 0.2) is 5.79 Å². The predicted molar refractivity (Wildman–Crippen MR) is 71.6 cm³/mol. The van der Waals surface area contributed by atoms with Crippen LogP contribution in [0, 0.1) is 5.92 Å². The van der Waals surface area contributed by atoms with E-state index in [1.54, 1.807) is 0 Å². The van der Waals surface area contributed by atoms with E-state index in [0.29, 0.717) is 25.0 Å². The van der Waals surface area contributed by atoms with E-state index in [1.807, 2.05) is 4.90 Å². The van der Waals surface area contributed by atoms with E-state index >= 15 is 0 Å². The molecule has 0 aromatic heterocycles. The third-order valence-electron chi connectivity index (χ3n) is 4.88. The maximum Gasteiger partial charge on any atom is 0.222 e. The fraction of sp³-hybridized carbons (Fsp3) is 0.933. The number of nitrogens with zero attached hydrogens (tertiary/aromatic N) is 1. The van der Waals surface area contributed by atoms with Crippen LogP contribution in [0.4, 0.5) is 0 Å². The molecule has 0 atom stereocenters. The van der Waals surface area contributed by atoms with E-state index in [1.165, 1.54) is 32.1 Å². The fourth-order valence-electron chi connectivity index (χ4n) is 3.65. The fourth-order valence-corrected chi connectivity index (χ4v) is 3.65. The molecule has 108 valence electrons. The van der Waals surface area contributed by atoms with E-state index < -0.39 is 0 Å². The molecule has 0 aromatic rings. The molecule has 0 N–H and O–H groups in total. The van der Waals surface area contributed by atoms with Gasteiger partial charge in [-0.3, -0.25) is 4.79 Å². The van der Waals surface area contributed by atoms with Crippen LogP contribution in [0.3, 0.4) is 0 Å². The maximum absolute atomic E-state index is 12.3. The average Bonchev–Trinajstić information content (AvgIpc) is 2.89. The molecular weight excluding hydrogens is 242 g/mol. The number of amides is 1. The summed E-state index contributed by atoms with van der Waals surface area (Å²) in [7, 11) is 0. The van der Waals surface area contributed by atoms with Gasteiger partial charge in [0.25, 0.3) is 0 Å². The van der Waals surface area contributed by atoms with E-state index in [2.05, 4.69) is 0 Å². The smallest absolute Gasteiger partial charge is 0.222 e. The van der Waals surface area contributed by atoms with Crippen molar-refractivity contribution in [2.75, 3.05) is 26.3 Å². The lowest BCUT2D eigenvalue weighted by Crippen LogP contribution is -2.47. The first-order valence-corrected chi connectivity index (χ1v) is 7.83. The van der Waals surface area contributed by atoms with Crippen molar-refractivity contribution in [1.82, 2.24) is 4.90 Å². The van der Waals surface area contributed by atoms with Crippen LogP contribution in [0.2, 0.25) is 0 Å². The second kappa shape index (κ2) is 5.80. The first-order chi connectivity index (χ1) is 9.27. The van der Waals surface area contributed by atoms with Crippen LogP contribution < -0.4 is 0 Å². The van der Waals surface area contributed by atoms with E-state index in [0.717, 1.165) is 32.4 Å². The molecule has 3 aliphatic rings. The molecule has 3 fully saturated rings. The van der Waals surface area contributed by atoms with Crippen molar-refractivity contribution in [2.24, 2.45) is 5.92 Å². The van der Waals surface area contributed by atoms with Crippen molar-refractivity contribution in [3.05, 3.63) is 0 Å². The molecule has 0 unspecified atom stereocenters. The molecule has 19 heavy (non-hydrogen) atoms. The first-order valence-electron chi connectivity index (χ1n) is 7.83. The number of likely N-dealkylation sites (tertiary alicyclic amines) is 1.